The van der Waals surface area contributed by atoms with Crippen LogP contribution in [0.2, 0.25) is 0 Å². The van der Waals surface area contributed by atoms with Gasteiger partial charge in [0.05, 0.1) is 17.7 Å². The van der Waals surface area contributed by atoms with Crippen LogP contribution in [0, 0.1) is 13.8 Å². The lowest BCUT2D eigenvalue weighted by atomic mass is 10.1. The molecule has 1 amide bonds. The normalized spacial score (nSPS) is 10.6. The Morgan fingerprint density at radius 1 is 1.12 bits per heavy atom. The van der Waals surface area contributed by atoms with Crippen molar-refractivity contribution in [2.45, 2.75) is 26.9 Å². The summed E-state index contributed by atoms with van der Waals surface area (Å²) in [6.07, 6.45) is 0. The number of nitrogens with zero attached hydrogens (tertiary/aromatic N) is 2. The molecule has 1 N–H and O–H groups in total. The molecule has 0 radical (unpaired) electrons. The second kappa shape index (κ2) is 7.44. The van der Waals surface area contributed by atoms with Gasteiger partial charge in [-0.3, -0.25) is 9.59 Å². The molecule has 2 aromatic heterocycles. The van der Waals surface area contributed by atoms with E-state index < -0.39 is 0 Å². The van der Waals surface area contributed by atoms with Crippen LogP contribution in [0.15, 0.2) is 52.8 Å². The SMILES string of the molecule is Cc1ccc(C(=O)N(Cc2ccccc2)Cc2scnc2C)c(=O)[nH]1. The average Bonchev–Trinajstić information content (AvgIpc) is 2.99. The number of benzene rings is 1. The van der Waals surface area contributed by atoms with Crippen LogP contribution in [-0.4, -0.2) is 20.8 Å². The molecular formula is C19H19N3O2S. The Balaban J connectivity index is 1.93. The molecule has 1 aromatic carbocycles. The zero-order valence-corrected chi connectivity index (χ0v) is 15.0. The maximum absolute atomic E-state index is 13.0. The number of nitrogens with one attached hydrogen (secondary N) is 1. The minimum Gasteiger partial charge on any atom is -0.329 e. The van der Waals surface area contributed by atoms with Crippen molar-refractivity contribution < 1.29 is 4.79 Å². The van der Waals surface area contributed by atoms with Crippen molar-refractivity contribution in [3.05, 3.63) is 85.7 Å². The van der Waals surface area contributed by atoms with Gasteiger partial charge in [0.25, 0.3) is 11.5 Å². The van der Waals surface area contributed by atoms with Crippen molar-refractivity contribution in [1.29, 1.82) is 0 Å². The second-order valence-corrected chi connectivity index (χ2v) is 6.83. The lowest BCUT2D eigenvalue weighted by molar-refractivity contribution is 0.0729. The van der Waals surface area contributed by atoms with E-state index in [9.17, 15) is 9.59 Å². The van der Waals surface area contributed by atoms with Gasteiger partial charge in [-0.2, -0.15) is 0 Å². The van der Waals surface area contributed by atoms with Crippen LogP contribution in [0.3, 0.4) is 0 Å². The number of pyridine rings is 1. The van der Waals surface area contributed by atoms with Crippen LogP contribution in [0.5, 0.6) is 0 Å². The van der Waals surface area contributed by atoms with Crippen molar-refractivity contribution >= 4 is 17.2 Å². The Morgan fingerprint density at radius 2 is 1.88 bits per heavy atom. The van der Waals surface area contributed by atoms with E-state index >= 15 is 0 Å². The van der Waals surface area contributed by atoms with Gasteiger partial charge in [-0.1, -0.05) is 30.3 Å². The second-order valence-electron chi connectivity index (χ2n) is 5.89. The summed E-state index contributed by atoms with van der Waals surface area (Å²) in [5.41, 5.74) is 4.23. The minimum atomic E-state index is -0.357. The van der Waals surface area contributed by atoms with Crippen molar-refractivity contribution in [2.75, 3.05) is 0 Å². The van der Waals surface area contributed by atoms with Gasteiger partial charge < -0.3 is 9.88 Å². The van der Waals surface area contributed by atoms with Crippen molar-refractivity contribution in [1.82, 2.24) is 14.9 Å². The predicted molar refractivity (Wildman–Crippen MR) is 98.7 cm³/mol. The van der Waals surface area contributed by atoms with Gasteiger partial charge in [-0.15, -0.1) is 11.3 Å². The number of hydrogen-bond acceptors (Lipinski definition) is 4. The zero-order chi connectivity index (χ0) is 17.8. The molecule has 0 atom stereocenters. The predicted octanol–water partition coefficient (Wildman–Crippen LogP) is 3.29. The third kappa shape index (κ3) is 4.03. The summed E-state index contributed by atoms with van der Waals surface area (Å²) in [7, 11) is 0. The van der Waals surface area contributed by atoms with Gasteiger partial charge in [-0.25, -0.2) is 4.98 Å². The maximum Gasteiger partial charge on any atom is 0.260 e. The molecule has 0 bridgehead atoms. The molecular weight excluding hydrogens is 334 g/mol. The summed E-state index contributed by atoms with van der Waals surface area (Å²) in [6, 6.07) is 13.1. The molecule has 0 fully saturated rings. The number of aryl methyl sites for hydroxylation is 2. The zero-order valence-electron chi connectivity index (χ0n) is 14.2. The molecule has 0 aliphatic heterocycles. The first-order valence-corrected chi connectivity index (χ1v) is 8.84. The van der Waals surface area contributed by atoms with Gasteiger partial charge in [0.15, 0.2) is 0 Å². The first-order chi connectivity index (χ1) is 12.0. The molecule has 0 aliphatic carbocycles. The molecule has 0 unspecified atom stereocenters. The number of carbonyl (C=O) groups excluding carboxylic acids is 1. The number of carbonyl (C=O) groups is 1. The van der Waals surface area contributed by atoms with Crippen molar-refractivity contribution in [3.8, 4) is 0 Å². The monoisotopic (exact) mass is 353 g/mol. The summed E-state index contributed by atoms with van der Waals surface area (Å²) >= 11 is 1.52. The fraction of sp³-hybridized carbons (Fsp3) is 0.211. The number of aromatic nitrogens is 2. The molecule has 6 heteroatoms. The molecule has 0 saturated carbocycles. The van der Waals surface area contributed by atoms with E-state index in [2.05, 4.69) is 9.97 Å². The Labute approximate surface area is 150 Å². The Kier molecular flexibility index (Phi) is 5.09. The van der Waals surface area contributed by atoms with Crippen LogP contribution < -0.4 is 5.56 Å². The van der Waals surface area contributed by atoms with Crippen molar-refractivity contribution in [3.63, 3.8) is 0 Å². The molecule has 3 rings (SSSR count). The highest BCUT2D eigenvalue weighted by Crippen LogP contribution is 2.18. The summed E-state index contributed by atoms with van der Waals surface area (Å²) in [4.78, 5) is 34.9. The van der Waals surface area contributed by atoms with E-state index in [1.165, 1.54) is 11.3 Å². The highest BCUT2D eigenvalue weighted by atomic mass is 32.1. The first-order valence-electron chi connectivity index (χ1n) is 7.96. The van der Waals surface area contributed by atoms with Gasteiger partial charge in [0.2, 0.25) is 0 Å². The number of amides is 1. The topological polar surface area (TPSA) is 66.1 Å². The van der Waals surface area contributed by atoms with E-state index in [0.29, 0.717) is 13.1 Å². The molecule has 0 saturated heterocycles. The van der Waals surface area contributed by atoms with E-state index in [-0.39, 0.29) is 17.0 Å². The molecule has 5 nitrogen and oxygen atoms in total. The highest BCUT2D eigenvalue weighted by Gasteiger charge is 2.21. The summed E-state index contributed by atoms with van der Waals surface area (Å²) in [5, 5.41) is 0. The lowest BCUT2D eigenvalue weighted by Gasteiger charge is -2.22. The van der Waals surface area contributed by atoms with Crippen LogP contribution in [-0.2, 0) is 13.1 Å². The number of rotatable bonds is 5. The highest BCUT2D eigenvalue weighted by molar-refractivity contribution is 7.09. The minimum absolute atomic E-state index is 0.156. The molecule has 128 valence electrons. The van der Waals surface area contributed by atoms with E-state index in [4.69, 9.17) is 0 Å². The van der Waals surface area contributed by atoms with E-state index in [1.807, 2.05) is 37.3 Å². The molecule has 0 aliphatic rings. The first kappa shape index (κ1) is 17.1. The van der Waals surface area contributed by atoms with E-state index in [0.717, 1.165) is 21.8 Å². The fourth-order valence-electron chi connectivity index (χ4n) is 2.57. The number of H-pyrrole nitrogens is 1. The summed E-state index contributed by atoms with van der Waals surface area (Å²) in [5.74, 6) is -0.280. The molecule has 2 heterocycles. The lowest BCUT2D eigenvalue weighted by Crippen LogP contribution is -2.34. The van der Waals surface area contributed by atoms with Gasteiger partial charge in [-0.05, 0) is 31.5 Å². The quantitative estimate of drug-likeness (QED) is 0.765. The number of hydrogen-bond donors (Lipinski definition) is 1. The third-order valence-electron chi connectivity index (χ3n) is 3.97. The largest absolute Gasteiger partial charge is 0.329 e. The Morgan fingerprint density at radius 3 is 2.52 bits per heavy atom. The molecule has 3 aromatic rings. The number of thiazole rings is 1. The Hall–Kier alpha value is -2.73. The van der Waals surface area contributed by atoms with Crippen molar-refractivity contribution in [2.24, 2.45) is 0 Å². The molecule has 25 heavy (non-hydrogen) atoms. The average molecular weight is 353 g/mol. The third-order valence-corrected chi connectivity index (χ3v) is 4.89. The maximum atomic E-state index is 13.0. The van der Waals surface area contributed by atoms with Crippen LogP contribution >= 0.6 is 11.3 Å². The fourth-order valence-corrected chi connectivity index (χ4v) is 3.36. The summed E-state index contributed by atoms with van der Waals surface area (Å²) in [6.45, 7) is 4.58. The molecule has 0 spiro atoms. The standard InChI is InChI=1S/C19H19N3O2S/c1-13-8-9-16(18(23)21-13)19(24)22(10-15-6-4-3-5-7-15)11-17-14(2)20-12-25-17/h3-9,12H,10-11H2,1-2H3,(H,21,23). The summed E-state index contributed by atoms with van der Waals surface area (Å²) < 4.78 is 0. The van der Waals surface area contributed by atoms with Gasteiger partial charge >= 0.3 is 0 Å². The van der Waals surface area contributed by atoms with Crippen LogP contribution in [0.4, 0.5) is 0 Å². The smallest absolute Gasteiger partial charge is 0.260 e. The van der Waals surface area contributed by atoms with Crippen LogP contribution in [0.25, 0.3) is 0 Å². The van der Waals surface area contributed by atoms with Crippen LogP contribution in [0.1, 0.15) is 32.2 Å². The van der Waals surface area contributed by atoms with Gasteiger partial charge in [0, 0.05) is 17.1 Å². The number of aromatic amines is 1. The van der Waals surface area contributed by atoms with Gasteiger partial charge in [0.1, 0.15) is 5.56 Å². The Bertz CT molecular complexity index is 931. The van der Waals surface area contributed by atoms with E-state index in [1.54, 1.807) is 29.5 Å².